The van der Waals surface area contributed by atoms with E-state index in [1.54, 1.807) is 0 Å². The van der Waals surface area contributed by atoms with Crippen molar-refractivity contribution in [3.8, 4) is 0 Å². The molecule has 0 spiro atoms. The molecule has 1 heterocycles. The third kappa shape index (κ3) is 2.96. The summed E-state index contributed by atoms with van der Waals surface area (Å²) < 4.78 is 32.4. The SMILES string of the molecule is CC1(c2ccccc2)COC(c2cc(F)cc(F)c2)CN1. The molecule has 0 aliphatic carbocycles. The van der Waals surface area contributed by atoms with Crippen LogP contribution in [0.3, 0.4) is 0 Å². The fourth-order valence-corrected chi connectivity index (χ4v) is 2.66. The van der Waals surface area contributed by atoms with E-state index in [1.165, 1.54) is 12.1 Å². The van der Waals surface area contributed by atoms with Gasteiger partial charge in [0, 0.05) is 12.6 Å². The number of nitrogens with one attached hydrogen (secondary N) is 1. The van der Waals surface area contributed by atoms with E-state index in [9.17, 15) is 8.78 Å². The van der Waals surface area contributed by atoms with Crippen molar-refractivity contribution in [2.24, 2.45) is 0 Å². The molecule has 0 saturated carbocycles. The van der Waals surface area contributed by atoms with Crippen molar-refractivity contribution in [3.05, 3.63) is 71.3 Å². The molecule has 0 aromatic heterocycles. The molecule has 4 heteroatoms. The van der Waals surface area contributed by atoms with Crippen LogP contribution in [0.2, 0.25) is 0 Å². The zero-order valence-electron chi connectivity index (χ0n) is 11.8. The van der Waals surface area contributed by atoms with E-state index in [2.05, 4.69) is 12.2 Å². The molecule has 1 aliphatic rings. The molecule has 0 amide bonds. The smallest absolute Gasteiger partial charge is 0.126 e. The first-order valence-electron chi connectivity index (χ1n) is 6.95. The van der Waals surface area contributed by atoms with E-state index in [0.29, 0.717) is 18.7 Å². The molecule has 2 atom stereocenters. The van der Waals surface area contributed by atoms with E-state index in [4.69, 9.17) is 4.74 Å². The fraction of sp³-hybridized carbons (Fsp3) is 0.294. The Balaban J connectivity index is 1.76. The van der Waals surface area contributed by atoms with E-state index < -0.39 is 11.6 Å². The van der Waals surface area contributed by atoms with Gasteiger partial charge in [-0.15, -0.1) is 0 Å². The Bertz CT molecular complexity index is 602. The molecular weight excluding hydrogens is 272 g/mol. The van der Waals surface area contributed by atoms with Gasteiger partial charge in [-0.05, 0) is 30.2 Å². The molecule has 1 fully saturated rings. The summed E-state index contributed by atoms with van der Waals surface area (Å²) in [4.78, 5) is 0. The molecular formula is C17H17F2NO. The summed E-state index contributed by atoms with van der Waals surface area (Å²) in [5.41, 5.74) is 1.37. The van der Waals surface area contributed by atoms with Crippen LogP contribution in [0.15, 0.2) is 48.5 Å². The van der Waals surface area contributed by atoms with Crippen molar-refractivity contribution >= 4 is 0 Å². The van der Waals surface area contributed by atoms with Crippen LogP contribution in [-0.4, -0.2) is 13.2 Å². The van der Waals surface area contributed by atoms with Gasteiger partial charge in [0.1, 0.15) is 11.6 Å². The first-order chi connectivity index (χ1) is 10.1. The van der Waals surface area contributed by atoms with Crippen LogP contribution in [0.1, 0.15) is 24.2 Å². The number of morpholine rings is 1. The topological polar surface area (TPSA) is 21.3 Å². The summed E-state index contributed by atoms with van der Waals surface area (Å²) in [7, 11) is 0. The van der Waals surface area contributed by atoms with Crippen LogP contribution >= 0.6 is 0 Å². The first-order valence-corrected chi connectivity index (χ1v) is 6.95. The fourth-order valence-electron chi connectivity index (χ4n) is 2.66. The second-order valence-electron chi connectivity index (χ2n) is 5.58. The standard InChI is InChI=1S/C17H17F2NO/c1-17(13-5-3-2-4-6-13)11-21-16(10-20-17)12-7-14(18)9-15(19)8-12/h2-9,16,20H,10-11H2,1H3. The Morgan fingerprint density at radius 3 is 2.33 bits per heavy atom. The Morgan fingerprint density at radius 2 is 1.76 bits per heavy atom. The number of benzene rings is 2. The number of rotatable bonds is 2. The molecule has 3 rings (SSSR count). The predicted octanol–water partition coefficient (Wildman–Crippen LogP) is 3.54. The Morgan fingerprint density at radius 1 is 1.10 bits per heavy atom. The molecule has 2 nitrogen and oxygen atoms in total. The van der Waals surface area contributed by atoms with Crippen LogP contribution in [-0.2, 0) is 10.3 Å². The molecule has 2 aromatic carbocycles. The predicted molar refractivity (Wildman–Crippen MR) is 76.8 cm³/mol. The molecule has 2 aromatic rings. The highest BCUT2D eigenvalue weighted by Crippen LogP contribution is 2.30. The van der Waals surface area contributed by atoms with Crippen LogP contribution < -0.4 is 5.32 Å². The summed E-state index contributed by atoms with van der Waals surface area (Å²) in [5.74, 6) is -1.16. The summed E-state index contributed by atoms with van der Waals surface area (Å²) in [6, 6.07) is 13.5. The van der Waals surface area contributed by atoms with Crippen LogP contribution in [0.5, 0.6) is 0 Å². The van der Waals surface area contributed by atoms with Gasteiger partial charge in [0.15, 0.2) is 0 Å². The highest BCUT2D eigenvalue weighted by atomic mass is 19.1. The summed E-state index contributed by atoms with van der Waals surface area (Å²) in [6.07, 6.45) is -0.341. The molecule has 1 saturated heterocycles. The van der Waals surface area contributed by atoms with E-state index in [-0.39, 0.29) is 11.6 Å². The van der Waals surface area contributed by atoms with Crippen molar-refractivity contribution in [2.75, 3.05) is 13.2 Å². The van der Waals surface area contributed by atoms with Crippen molar-refractivity contribution < 1.29 is 13.5 Å². The zero-order chi connectivity index (χ0) is 14.9. The van der Waals surface area contributed by atoms with Gasteiger partial charge >= 0.3 is 0 Å². The quantitative estimate of drug-likeness (QED) is 0.913. The average molecular weight is 289 g/mol. The van der Waals surface area contributed by atoms with Gasteiger partial charge in [-0.2, -0.15) is 0 Å². The zero-order valence-corrected chi connectivity index (χ0v) is 11.8. The van der Waals surface area contributed by atoms with E-state index >= 15 is 0 Å². The largest absolute Gasteiger partial charge is 0.370 e. The number of hydrogen-bond acceptors (Lipinski definition) is 2. The Hall–Kier alpha value is -1.78. The maximum Gasteiger partial charge on any atom is 0.126 e. The number of hydrogen-bond donors (Lipinski definition) is 1. The van der Waals surface area contributed by atoms with Crippen molar-refractivity contribution in [2.45, 2.75) is 18.6 Å². The third-order valence-electron chi connectivity index (χ3n) is 3.92. The molecule has 0 radical (unpaired) electrons. The van der Waals surface area contributed by atoms with Crippen molar-refractivity contribution in [1.82, 2.24) is 5.32 Å². The maximum atomic E-state index is 13.3. The lowest BCUT2D eigenvalue weighted by molar-refractivity contribution is -0.0310. The lowest BCUT2D eigenvalue weighted by Crippen LogP contribution is -2.50. The van der Waals surface area contributed by atoms with Gasteiger partial charge in [0.05, 0.1) is 18.2 Å². The van der Waals surface area contributed by atoms with Crippen LogP contribution in [0.4, 0.5) is 8.78 Å². The minimum atomic E-state index is -0.579. The molecule has 21 heavy (non-hydrogen) atoms. The minimum Gasteiger partial charge on any atom is -0.370 e. The monoisotopic (exact) mass is 289 g/mol. The van der Waals surface area contributed by atoms with Gasteiger partial charge in [0.25, 0.3) is 0 Å². The van der Waals surface area contributed by atoms with Gasteiger partial charge in [-0.3, -0.25) is 0 Å². The van der Waals surface area contributed by atoms with Crippen LogP contribution in [0.25, 0.3) is 0 Å². The highest BCUT2D eigenvalue weighted by Gasteiger charge is 2.33. The number of ether oxygens (including phenoxy) is 1. The lowest BCUT2D eigenvalue weighted by Gasteiger charge is -2.39. The van der Waals surface area contributed by atoms with Crippen molar-refractivity contribution in [1.29, 1.82) is 0 Å². The van der Waals surface area contributed by atoms with Gasteiger partial charge < -0.3 is 10.1 Å². The second-order valence-corrected chi connectivity index (χ2v) is 5.58. The summed E-state index contributed by atoms with van der Waals surface area (Å²) >= 11 is 0. The second kappa shape index (κ2) is 5.54. The third-order valence-corrected chi connectivity index (χ3v) is 3.92. The lowest BCUT2D eigenvalue weighted by atomic mass is 9.90. The summed E-state index contributed by atoms with van der Waals surface area (Å²) in [5, 5.41) is 3.43. The van der Waals surface area contributed by atoms with Crippen molar-refractivity contribution in [3.63, 3.8) is 0 Å². The number of halogens is 2. The molecule has 110 valence electrons. The minimum absolute atomic E-state index is 0.288. The van der Waals surface area contributed by atoms with Gasteiger partial charge in [0.2, 0.25) is 0 Å². The Kier molecular flexibility index (Phi) is 3.74. The van der Waals surface area contributed by atoms with Gasteiger partial charge in [-0.25, -0.2) is 8.78 Å². The summed E-state index contributed by atoms with van der Waals surface area (Å²) in [6.45, 7) is 3.01. The van der Waals surface area contributed by atoms with Gasteiger partial charge in [-0.1, -0.05) is 30.3 Å². The van der Waals surface area contributed by atoms with Crippen LogP contribution in [0, 0.1) is 11.6 Å². The molecule has 0 bridgehead atoms. The molecule has 2 unspecified atom stereocenters. The highest BCUT2D eigenvalue weighted by molar-refractivity contribution is 5.26. The average Bonchev–Trinajstić information content (AvgIpc) is 2.48. The normalized spacial score (nSPS) is 25.8. The molecule has 1 aliphatic heterocycles. The molecule has 1 N–H and O–H groups in total. The van der Waals surface area contributed by atoms with E-state index in [1.807, 2.05) is 30.3 Å². The Labute approximate surface area is 122 Å². The van der Waals surface area contributed by atoms with E-state index in [0.717, 1.165) is 11.6 Å². The first kappa shape index (κ1) is 14.2. The maximum absolute atomic E-state index is 13.3.